The SMILES string of the molecule is COc1ccc(CCl)cc1S(=O)(=O)N(C)C1CCSC1. The minimum Gasteiger partial charge on any atom is -0.495 e. The molecule has 1 aromatic carbocycles. The second-order valence-corrected chi connectivity index (χ2v) is 8.04. The predicted octanol–water partition coefficient (Wildman–Crippen LogP) is 2.56. The Hall–Kier alpha value is -0.430. The number of alkyl halides is 1. The molecule has 1 unspecified atom stereocenters. The van der Waals surface area contributed by atoms with Crippen molar-refractivity contribution in [3.63, 3.8) is 0 Å². The number of hydrogen-bond donors (Lipinski definition) is 0. The van der Waals surface area contributed by atoms with E-state index in [0.717, 1.165) is 23.5 Å². The molecule has 0 radical (unpaired) electrons. The second-order valence-electron chi connectivity index (χ2n) is 4.66. The molecular formula is C13H18ClNO3S2. The van der Waals surface area contributed by atoms with Gasteiger partial charge in [0.25, 0.3) is 0 Å². The van der Waals surface area contributed by atoms with Gasteiger partial charge in [-0.05, 0) is 29.9 Å². The number of rotatable bonds is 5. The Morgan fingerprint density at radius 1 is 1.50 bits per heavy atom. The number of benzene rings is 1. The summed E-state index contributed by atoms with van der Waals surface area (Å²) in [6, 6.07) is 5.08. The smallest absolute Gasteiger partial charge is 0.246 e. The molecule has 0 bridgehead atoms. The van der Waals surface area contributed by atoms with Crippen LogP contribution in [0.15, 0.2) is 23.1 Å². The van der Waals surface area contributed by atoms with Gasteiger partial charge in [0.2, 0.25) is 10.0 Å². The first-order valence-corrected chi connectivity index (χ1v) is 9.42. The summed E-state index contributed by atoms with van der Waals surface area (Å²) in [4.78, 5) is 0.192. The van der Waals surface area contributed by atoms with Gasteiger partial charge >= 0.3 is 0 Å². The molecule has 1 aliphatic rings. The molecule has 0 N–H and O–H groups in total. The maximum absolute atomic E-state index is 12.8. The molecule has 0 amide bonds. The molecule has 2 rings (SSSR count). The third-order valence-electron chi connectivity index (χ3n) is 3.46. The fourth-order valence-corrected chi connectivity index (χ4v) is 5.28. The Kier molecular flexibility index (Phi) is 5.23. The summed E-state index contributed by atoms with van der Waals surface area (Å²) in [7, 11) is -0.451. The van der Waals surface area contributed by atoms with Crippen LogP contribution in [0.3, 0.4) is 0 Å². The second kappa shape index (κ2) is 6.56. The Morgan fingerprint density at radius 2 is 2.25 bits per heavy atom. The number of nitrogens with zero attached hydrogens (tertiary/aromatic N) is 1. The summed E-state index contributed by atoms with van der Waals surface area (Å²) < 4.78 is 32.2. The van der Waals surface area contributed by atoms with Gasteiger partial charge in [-0.2, -0.15) is 16.1 Å². The van der Waals surface area contributed by atoms with E-state index in [1.807, 2.05) is 0 Å². The van der Waals surface area contributed by atoms with Crippen molar-refractivity contribution in [3.8, 4) is 5.75 Å². The summed E-state index contributed by atoms with van der Waals surface area (Å²) in [5.41, 5.74) is 0.764. The predicted molar refractivity (Wildman–Crippen MR) is 83.2 cm³/mol. The highest BCUT2D eigenvalue weighted by molar-refractivity contribution is 7.99. The van der Waals surface area contributed by atoms with Crippen molar-refractivity contribution in [2.45, 2.75) is 23.2 Å². The maximum atomic E-state index is 12.8. The Bertz CT molecular complexity index is 571. The highest BCUT2D eigenvalue weighted by atomic mass is 35.5. The van der Waals surface area contributed by atoms with Crippen LogP contribution in [0.5, 0.6) is 5.75 Å². The minimum absolute atomic E-state index is 0.0503. The molecule has 7 heteroatoms. The Balaban J connectivity index is 2.41. The Labute approximate surface area is 129 Å². The van der Waals surface area contributed by atoms with Crippen molar-refractivity contribution < 1.29 is 13.2 Å². The molecular weight excluding hydrogens is 318 g/mol. The van der Waals surface area contributed by atoms with E-state index < -0.39 is 10.0 Å². The topological polar surface area (TPSA) is 46.6 Å². The van der Waals surface area contributed by atoms with Crippen LogP contribution in [-0.4, -0.2) is 44.4 Å². The molecule has 0 saturated carbocycles. The average Bonchev–Trinajstić information content (AvgIpc) is 2.99. The quantitative estimate of drug-likeness (QED) is 0.776. The molecule has 1 saturated heterocycles. The molecule has 1 fully saturated rings. The molecule has 0 aliphatic carbocycles. The number of halogens is 1. The summed E-state index contributed by atoms with van der Waals surface area (Å²) in [6.07, 6.45) is 0.887. The normalized spacial score (nSPS) is 19.5. The molecule has 112 valence electrons. The average molecular weight is 336 g/mol. The van der Waals surface area contributed by atoms with E-state index in [2.05, 4.69) is 0 Å². The molecule has 0 aromatic heterocycles. The van der Waals surface area contributed by atoms with Crippen molar-refractivity contribution in [2.24, 2.45) is 0 Å². The first-order chi connectivity index (χ1) is 9.50. The number of ether oxygens (including phenoxy) is 1. The first-order valence-electron chi connectivity index (χ1n) is 6.29. The zero-order valence-corrected chi connectivity index (χ0v) is 13.9. The number of thioether (sulfide) groups is 1. The molecule has 1 heterocycles. The van der Waals surface area contributed by atoms with Crippen LogP contribution in [0.1, 0.15) is 12.0 Å². The van der Waals surface area contributed by atoms with Gasteiger partial charge in [-0.3, -0.25) is 0 Å². The van der Waals surface area contributed by atoms with E-state index in [4.69, 9.17) is 16.3 Å². The third kappa shape index (κ3) is 3.08. The fourth-order valence-electron chi connectivity index (χ4n) is 2.17. The molecule has 1 aliphatic heterocycles. The van der Waals surface area contributed by atoms with Crippen LogP contribution in [0.2, 0.25) is 0 Å². The van der Waals surface area contributed by atoms with E-state index >= 15 is 0 Å². The zero-order chi connectivity index (χ0) is 14.8. The van der Waals surface area contributed by atoms with E-state index in [1.54, 1.807) is 37.0 Å². The molecule has 1 aromatic rings. The van der Waals surface area contributed by atoms with Gasteiger partial charge in [-0.1, -0.05) is 6.07 Å². The standard InChI is InChI=1S/C13H18ClNO3S2/c1-15(11-5-6-19-9-11)20(16,17)13-7-10(8-14)3-4-12(13)18-2/h3-4,7,11H,5-6,8-9H2,1-2H3. The highest BCUT2D eigenvalue weighted by Gasteiger charge is 2.32. The summed E-state index contributed by atoms with van der Waals surface area (Å²) in [5, 5.41) is 0. The van der Waals surface area contributed by atoms with Gasteiger partial charge < -0.3 is 4.74 Å². The van der Waals surface area contributed by atoms with Gasteiger partial charge in [0, 0.05) is 24.7 Å². The lowest BCUT2D eigenvalue weighted by Gasteiger charge is -2.24. The van der Waals surface area contributed by atoms with E-state index in [0.29, 0.717) is 5.75 Å². The molecule has 20 heavy (non-hydrogen) atoms. The van der Waals surface area contributed by atoms with Gasteiger partial charge in [-0.15, -0.1) is 11.6 Å². The van der Waals surface area contributed by atoms with Crippen molar-refractivity contribution in [2.75, 3.05) is 25.7 Å². The van der Waals surface area contributed by atoms with Crippen molar-refractivity contribution in [1.82, 2.24) is 4.31 Å². The van der Waals surface area contributed by atoms with Gasteiger partial charge in [-0.25, -0.2) is 8.42 Å². The minimum atomic E-state index is -3.56. The van der Waals surface area contributed by atoms with Crippen LogP contribution in [0.4, 0.5) is 0 Å². The lowest BCUT2D eigenvalue weighted by Crippen LogP contribution is -2.37. The van der Waals surface area contributed by atoms with Gasteiger partial charge in [0.05, 0.1) is 7.11 Å². The summed E-state index contributed by atoms with van der Waals surface area (Å²) >= 11 is 7.58. The van der Waals surface area contributed by atoms with Crippen molar-refractivity contribution in [3.05, 3.63) is 23.8 Å². The van der Waals surface area contributed by atoms with E-state index in [1.165, 1.54) is 11.4 Å². The Morgan fingerprint density at radius 3 is 2.80 bits per heavy atom. The molecule has 1 atom stereocenters. The maximum Gasteiger partial charge on any atom is 0.246 e. The molecule has 0 spiro atoms. The van der Waals surface area contributed by atoms with Crippen LogP contribution in [0.25, 0.3) is 0 Å². The fraction of sp³-hybridized carbons (Fsp3) is 0.538. The lowest BCUT2D eigenvalue weighted by atomic mass is 10.2. The number of methoxy groups -OCH3 is 1. The van der Waals surface area contributed by atoms with Crippen LogP contribution >= 0.6 is 23.4 Å². The van der Waals surface area contributed by atoms with Crippen LogP contribution < -0.4 is 4.74 Å². The largest absolute Gasteiger partial charge is 0.495 e. The van der Waals surface area contributed by atoms with Gasteiger partial charge in [0.15, 0.2) is 0 Å². The van der Waals surface area contributed by atoms with Crippen LogP contribution in [-0.2, 0) is 15.9 Å². The third-order valence-corrected chi connectivity index (χ3v) is 6.84. The van der Waals surface area contributed by atoms with Gasteiger partial charge in [0.1, 0.15) is 10.6 Å². The monoisotopic (exact) mass is 335 g/mol. The van der Waals surface area contributed by atoms with Crippen molar-refractivity contribution in [1.29, 1.82) is 0 Å². The lowest BCUT2D eigenvalue weighted by molar-refractivity contribution is 0.380. The summed E-state index contributed by atoms with van der Waals surface area (Å²) in [6.45, 7) is 0. The highest BCUT2D eigenvalue weighted by Crippen LogP contribution is 2.31. The van der Waals surface area contributed by atoms with E-state index in [-0.39, 0.29) is 16.8 Å². The first kappa shape index (κ1) is 15.9. The summed E-state index contributed by atoms with van der Waals surface area (Å²) in [5.74, 6) is 2.47. The van der Waals surface area contributed by atoms with Crippen molar-refractivity contribution >= 4 is 33.4 Å². The zero-order valence-electron chi connectivity index (χ0n) is 11.5. The molecule has 4 nitrogen and oxygen atoms in total. The number of hydrogen-bond acceptors (Lipinski definition) is 4. The van der Waals surface area contributed by atoms with E-state index in [9.17, 15) is 8.42 Å². The number of sulfonamides is 1. The van der Waals surface area contributed by atoms with Crippen LogP contribution in [0, 0.1) is 0 Å².